The summed E-state index contributed by atoms with van der Waals surface area (Å²) in [6.07, 6.45) is 4.92. The van der Waals surface area contributed by atoms with Gasteiger partial charge in [0.15, 0.2) is 0 Å². The predicted octanol–water partition coefficient (Wildman–Crippen LogP) is 3.63. The Kier molecular flexibility index (Phi) is 20.3. The van der Waals surface area contributed by atoms with E-state index in [1.807, 2.05) is 0 Å². The molecule has 0 bridgehead atoms. The second kappa shape index (κ2) is 16.5. The van der Waals surface area contributed by atoms with Crippen LogP contribution in [0.5, 0.6) is 0 Å². The minimum atomic E-state index is 0.924. The second-order valence-electron chi connectivity index (χ2n) is 2.61. The lowest BCUT2D eigenvalue weighted by Crippen LogP contribution is -1.92. The quantitative estimate of drug-likeness (QED) is 0.558. The van der Waals surface area contributed by atoms with E-state index in [4.69, 9.17) is 4.74 Å². The van der Waals surface area contributed by atoms with Gasteiger partial charge in [0.2, 0.25) is 0 Å². The van der Waals surface area contributed by atoms with E-state index in [9.17, 15) is 0 Å². The normalized spacial score (nSPS) is 8.73. The smallest absolute Gasteiger partial charge is 0.0463 e. The van der Waals surface area contributed by atoms with E-state index in [2.05, 4.69) is 27.7 Å². The van der Waals surface area contributed by atoms with Crippen LogP contribution in [-0.4, -0.2) is 13.2 Å². The topological polar surface area (TPSA) is 9.23 Å². The SMILES string of the molecule is CCCC.CCCOCCC. The Labute approximate surface area is 72.1 Å². The lowest BCUT2D eigenvalue weighted by atomic mass is 10.4. The molecule has 1 nitrogen and oxygen atoms in total. The summed E-state index contributed by atoms with van der Waals surface area (Å²) in [5.41, 5.74) is 0. The third kappa shape index (κ3) is 25.7. The van der Waals surface area contributed by atoms with E-state index >= 15 is 0 Å². The largest absolute Gasteiger partial charge is 0.381 e. The van der Waals surface area contributed by atoms with Crippen molar-refractivity contribution >= 4 is 0 Å². The molecule has 0 spiro atoms. The number of hydrogen-bond acceptors (Lipinski definition) is 1. The van der Waals surface area contributed by atoms with Crippen molar-refractivity contribution in [2.24, 2.45) is 0 Å². The van der Waals surface area contributed by atoms with Gasteiger partial charge in [0.1, 0.15) is 0 Å². The highest BCUT2D eigenvalue weighted by Gasteiger charge is 1.77. The molecular formula is C10H24O. The first-order valence-electron chi connectivity index (χ1n) is 4.91. The maximum absolute atomic E-state index is 5.13. The van der Waals surface area contributed by atoms with Crippen LogP contribution in [0, 0.1) is 0 Å². The van der Waals surface area contributed by atoms with Crippen molar-refractivity contribution < 1.29 is 4.74 Å². The summed E-state index contributed by atoms with van der Waals surface area (Å²) < 4.78 is 5.13. The zero-order chi connectivity index (χ0) is 8.95. The van der Waals surface area contributed by atoms with E-state index in [-0.39, 0.29) is 0 Å². The minimum Gasteiger partial charge on any atom is -0.381 e. The predicted molar refractivity (Wildman–Crippen MR) is 52.0 cm³/mol. The van der Waals surface area contributed by atoms with Crippen LogP contribution < -0.4 is 0 Å². The fourth-order valence-corrected chi connectivity index (χ4v) is 0.391. The maximum Gasteiger partial charge on any atom is 0.0463 e. The summed E-state index contributed by atoms with van der Waals surface area (Å²) in [4.78, 5) is 0. The van der Waals surface area contributed by atoms with Crippen molar-refractivity contribution in [3.05, 3.63) is 0 Å². The fraction of sp³-hybridized carbons (Fsp3) is 1.00. The summed E-state index contributed by atoms with van der Waals surface area (Å²) in [6.45, 7) is 10.5. The highest BCUT2D eigenvalue weighted by Crippen LogP contribution is 1.81. The Hall–Kier alpha value is -0.0400. The van der Waals surface area contributed by atoms with Gasteiger partial charge in [-0.1, -0.05) is 40.5 Å². The van der Waals surface area contributed by atoms with Crippen LogP contribution in [0.2, 0.25) is 0 Å². The summed E-state index contributed by atoms with van der Waals surface area (Å²) in [5.74, 6) is 0. The lowest BCUT2D eigenvalue weighted by Gasteiger charge is -1.95. The highest BCUT2D eigenvalue weighted by molar-refractivity contribution is 4.25. The van der Waals surface area contributed by atoms with Crippen LogP contribution in [0.15, 0.2) is 0 Å². The van der Waals surface area contributed by atoms with Gasteiger partial charge in [-0.25, -0.2) is 0 Å². The van der Waals surface area contributed by atoms with E-state index in [0.29, 0.717) is 0 Å². The molecule has 0 aliphatic carbocycles. The first-order valence-corrected chi connectivity index (χ1v) is 4.91. The van der Waals surface area contributed by atoms with Gasteiger partial charge in [-0.05, 0) is 12.8 Å². The molecule has 0 atom stereocenters. The molecule has 0 aliphatic rings. The van der Waals surface area contributed by atoms with E-state index in [1.165, 1.54) is 12.8 Å². The minimum absolute atomic E-state index is 0.924. The highest BCUT2D eigenvalue weighted by atomic mass is 16.5. The van der Waals surface area contributed by atoms with Crippen LogP contribution in [0.4, 0.5) is 0 Å². The number of rotatable bonds is 5. The molecule has 70 valence electrons. The Morgan fingerprint density at radius 3 is 1.18 bits per heavy atom. The van der Waals surface area contributed by atoms with E-state index in [0.717, 1.165) is 26.1 Å². The molecule has 11 heavy (non-hydrogen) atoms. The molecule has 0 radical (unpaired) electrons. The Morgan fingerprint density at radius 1 is 0.636 bits per heavy atom. The van der Waals surface area contributed by atoms with Crippen LogP contribution in [0.25, 0.3) is 0 Å². The third-order valence-corrected chi connectivity index (χ3v) is 1.20. The summed E-state index contributed by atoms with van der Waals surface area (Å²) in [5, 5.41) is 0. The molecule has 0 saturated carbocycles. The van der Waals surface area contributed by atoms with Gasteiger partial charge in [-0.3, -0.25) is 0 Å². The molecule has 0 heterocycles. The standard InChI is InChI=1S/C6H14O.C4H10/c1-3-5-7-6-4-2;1-3-4-2/h3-6H2,1-2H3;3-4H2,1-2H3. The van der Waals surface area contributed by atoms with Gasteiger partial charge in [0, 0.05) is 13.2 Å². The molecule has 0 aromatic carbocycles. The van der Waals surface area contributed by atoms with Gasteiger partial charge in [-0.15, -0.1) is 0 Å². The zero-order valence-electron chi connectivity index (χ0n) is 8.65. The number of ether oxygens (including phenoxy) is 1. The molecule has 0 saturated heterocycles. The Bertz CT molecular complexity index is 38.1. The third-order valence-electron chi connectivity index (χ3n) is 1.20. The Morgan fingerprint density at radius 2 is 1.00 bits per heavy atom. The molecule has 0 rings (SSSR count). The van der Waals surface area contributed by atoms with Gasteiger partial charge in [0.05, 0.1) is 0 Å². The molecular weight excluding hydrogens is 136 g/mol. The number of hydrogen-bond donors (Lipinski definition) is 0. The van der Waals surface area contributed by atoms with Gasteiger partial charge in [0.25, 0.3) is 0 Å². The summed E-state index contributed by atoms with van der Waals surface area (Å²) in [6, 6.07) is 0. The Balaban J connectivity index is 0. The molecule has 0 aromatic rings. The first kappa shape index (κ1) is 13.5. The van der Waals surface area contributed by atoms with Gasteiger partial charge < -0.3 is 4.74 Å². The molecule has 0 N–H and O–H groups in total. The molecule has 0 unspecified atom stereocenters. The molecule has 1 heteroatoms. The van der Waals surface area contributed by atoms with Crippen LogP contribution >= 0.6 is 0 Å². The summed E-state index contributed by atoms with van der Waals surface area (Å²) >= 11 is 0. The maximum atomic E-state index is 5.13. The van der Waals surface area contributed by atoms with Crippen molar-refractivity contribution in [1.29, 1.82) is 0 Å². The molecule has 0 fully saturated rings. The average molecular weight is 160 g/mol. The van der Waals surface area contributed by atoms with Gasteiger partial charge in [-0.2, -0.15) is 0 Å². The van der Waals surface area contributed by atoms with Crippen molar-refractivity contribution in [3.63, 3.8) is 0 Å². The molecule has 0 aromatic heterocycles. The van der Waals surface area contributed by atoms with Gasteiger partial charge >= 0.3 is 0 Å². The van der Waals surface area contributed by atoms with Crippen LogP contribution in [0.3, 0.4) is 0 Å². The van der Waals surface area contributed by atoms with E-state index in [1.54, 1.807) is 0 Å². The van der Waals surface area contributed by atoms with Crippen LogP contribution in [-0.2, 0) is 4.74 Å². The van der Waals surface area contributed by atoms with E-state index < -0.39 is 0 Å². The molecule has 0 aliphatic heterocycles. The average Bonchev–Trinajstić information content (AvgIpc) is 2.06. The lowest BCUT2D eigenvalue weighted by molar-refractivity contribution is 0.135. The molecule has 0 amide bonds. The summed E-state index contributed by atoms with van der Waals surface area (Å²) in [7, 11) is 0. The fourth-order valence-electron chi connectivity index (χ4n) is 0.391. The van der Waals surface area contributed by atoms with Crippen molar-refractivity contribution in [2.75, 3.05) is 13.2 Å². The van der Waals surface area contributed by atoms with Crippen molar-refractivity contribution in [2.45, 2.75) is 53.4 Å². The second-order valence-corrected chi connectivity index (χ2v) is 2.61. The first-order chi connectivity index (χ1) is 5.33. The van der Waals surface area contributed by atoms with Crippen molar-refractivity contribution in [3.8, 4) is 0 Å². The van der Waals surface area contributed by atoms with Crippen molar-refractivity contribution in [1.82, 2.24) is 0 Å². The number of unbranched alkanes of at least 4 members (excludes halogenated alkanes) is 1. The van der Waals surface area contributed by atoms with Crippen LogP contribution in [0.1, 0.15) is 53.4 Å². The monoisotopic (exact) mass is 160 g/mol. The zero-order valence-corrected chi connectivity index (χ0v) is 8.65.